The molecule has 2 heterocycles. The van der Waals surface area contributed by atoms with Gasteiger partial charge in [-0.3, -0.25) is 9.48 Å². The first kappa shape index (κ1) is 13.7. The van der Waals surface area contributed by atoms with E-state index in [1.165, 1.54) is 11.3 Å². The Balaban J connectivity index is 1.88. The monoisotopic (exact) mass is 279 g/mol. The van der Waals surface area contributed by atoms with E-state index in [4.69, 9.17) is 5.73 Å². The number of aromatic nitrogens is 3. The molecule has 1 unspecified atom stereocenters. The summed E-state index contributed by atoms with van der Waals surface area (Å²) in [5.41, 5.74) is 5.92. The number of carbonyl (C=O) groups excluding carboxylic acids is 1. The van der Waals surface area contributed by atoms with Gasteiger partial charge in [-0.05, 0) is 19.5 Å². The standard InChI is InChI=1S/C12H17N5OS/c1-9(7-17-6-2-5-14-17)15-12(18)10-8-19-11(16-10)3-4-13/h2,5-6,8-9H,3-4,7,13H2,1H3,(H,15,18). The summed E-state index contributed by atoms with van der Waals surface area (Å²) in [6.45, 7) is 3.12. The Morgan fingerprint density at radius 1 is 1.63 bits per heavy atom. The summed E-state index contributed by atoms with van der Waals surface area (Å²) < 4.78 is 1.78. The average molecular weight is 279 g/mol. The predicted molar refractivity (Wildman–Crippen MR) is 74.0 cm³/mol. The van der Waals surface area contributed by atoms with Crippen molar-refractivity contribution in [2.75, 3.05) is 6.54 Å². The quantitative estimate of drug-likeness (QED) is 0.813. The summed E-state index contributed by atoms with van der Waals surface area (Å²) in [7, 11) is 0. The second kappa shape index (κ2) is 6.44. The molecule has 2 rings (SSSR count). The summed E-state index contributed by atoms with van der Waals surface area (Å²) in [6, 6.07) is 1.85. The molecule has 0 saturated carbocycles. The maximum Gasteiger partial charge on any atom is 0.271 e. The molecule has 2 aromatic heterocycles. The third-order valence-electron chi connectivity index (χ3n) is 2.54. The molecule has 0 bridgehead atoms. The van der Waals surface area contributed by atoms with Crippen LogP contribution in [0.1, 0.15) is 22.4 Å². The first-order valence-corrected chi connectivity index (χ1v) is 6.99. The zero-order chi connectivity index (χ0) is 13.7. The Kier molecular flexibility index (Phi) is 4.64. The Bertz CT molecular complexity index is 522. The summed E-state index contributed by atoms with van der Waals surface area (Å²) >= 11 is 1.47. The molecule has 6 nitrogen and oxygen atoms in total. The van der Waals surface area contributed by atoms with Crippen molar-refractivity contribution < 1.29 is 4.79 Å². The molecule has 1 amide bonds. The van der Waals surface area contributed by atoms with E-state index < -0.39 is 0 Å². The van der Waals surface area contributed by atoms with E-state index in [1.807, 2.05) is 19.2 Å². The SMILES string of the molecule is CC(Cn1cccn1)NC(=O)c1csc(CCN)n1. The van der Waals surface area contributed by atoms with Crippen molar-refractivity contribution in [2.24, 2.45) is 5.73 Å². The maximum atomic E-state index is 12.0. The lowest BCUT2D eigenvalue weighted by Crippen LogP contribution is -2.36. The maximum absolute atomic E-state index is 12.0. The zero-order valence-electron chi connectivity index (χ0n) is 10.7. The molecule has 0 saturated heterocycles. The van der Waals surface area contributed by atoms with Gasteiger partial charge in [0.05, 0.1) is 11.6 Å². The highest BCUT2D eigenvalue weighted by Crippen LogP contribution is 2.10. The van der Waals surface area contributed by atoms with Crippen molar-refractivity contribution >= 4 is 17.2 Å². The van der Waals surface area contributed by atoms with Crippen LogP contribution in [0.4, 0.5) is 0 Å². The zero-order valence-corrected chi connectivity index (χ0v) is 11.6. The fourth-order valence-corrected chi connectivity index (χ4v) is 2.48. The number of nitrogens with two attached hydrogens (primary N) is 1. The van der Waals surface area contributed by atoms with Crippen LogP contribution in [0, 0.1) is 0 Å². The van der Waals surface area contributed by atoms with Crippen molar-refractivity contribution in [3.05, 3.63) is 34.5 Å². The van der Waals surface area contributed by atoms with Gasteiger partial charge in [0.2, 0.25) is 0 Å². The van der Waals surface area contributed by atoms with Crippen LogP contribution in [-0.2, 0) is 13.0 Å². The van der Waals surface area contributed by atoms with Crippen LogP contribution in [-0.4, -0.2) is 33.3 Å². The van der Waals surface area contributed by atoms with E-state index in [0.29, 0.717) is 25.2 Å². The minimum atomic E-state index is -0.154. The van der Waals surface area contributed by atoms with Gasteiger partial charge in [-0.2, -0.15) is 5.10 Å². The van der Waals surface area contributed by atoms with Gasteiger partial charge in [-0.15, -0.1) is 11.3 Å². The molecule has 0 aliphatic rings. The molecular formula is C12H17N5OS. The highest BCUT2D eigenvalue weighted by atomic mass is 32.1. The summed E-state index contributed by atoms with van der Waals surface area (Å²) in [5.74, 6) is -0.154. The first-order valence-electron chi connectivity index (χ1n) is 6.12. The van der Waals surface area contributed by atoms with Crippen molar-refractivity contribution in [3.8, 4) is 0 Å². The van der Waals surface area contributed by atoms with Crippen LogP contribution in [0.2, 0.25) is 0 Å². The number of amides is 1. The first-order chi connectivity index (χ1) is 9.19. The Morgan fingerprint density at radius 2 is 2.47 bits per heavy atom. The fourth-order valence-electron chi connectivity index (χ4n) is 1.69. The van der Waals surface area contributed by atoms with E-state index in [-0.39, 0.29) is 11.9 Å². The number of hydrogen-bond acceptors (Lipinski definition) is 5. The van der Waals surface area contributed by atoms with Gasteiger partial charge < -0.3 is 11.1 Å². The average Bonchev–Trinajstić information content (AvgIpc) is 3.00. The van der Waals surface area contributed by atoms with Gasteiger partial charge in [-0.25, -0.2) is 4.98 Å². The van der Waals surface area contributed by atoms with Crippen molar-refractivity contribution in [3.63, 3.8) is 0 Å². The molecule has 0 fully saturated rings. The van der Waals surface area contributed by atoms with Gasteiger partial charge in [0, 0.05) is 30.2 Å². The highest BCUT2D eigenvalue weighted by Gasteiger charge is 2.13. The number of nitrogens with one attached hydrogen (secondary N) is 1. The van der Waals surface area contributed by atoms with E-state index in [0.717, 1.165) is 5.01 Å². The summed E-state index contributed by atoms with van der Waals surface area (Å²) in [5, 5.41) is 9.67. The molecule has 19 heavy (non-hydrogen) atoms. The van der Waals surface area contributed by atoms with E-state index >= 15 is 0 Å². The number of rotatable bonds is 6. The second-order valence-corrected chi connectivity index (χ2v) is 5.21. The molecule has 0 aliphatic heterocycles. The molecule has 2 aromatic rings. The lowest BCUT2D eigenvalue weighted by Gasteiger charge is -2.12. The topological polar surface area (TPSA) is 85.8 Å². The van der Waals surface area contributed by atoms with Gasteiger partial charge >= 0.3 is 0 Å². The predicted octanol–water partition coefficient (Wildman–Crippen LogP) is 0.659. The normalized spacial score (nSPS) is 12.3. The van der Waals surface area contributed by atoms with E-state index in [2.05, 4.69) is 15.4 Å². The molecule has 0 spiro atoms. The molecule has 7 heteroatoms. The van der Waals surface area contributed by atoms with Gasteiger partial charge in [0.1, 0.15) is 5.69 Å². The number of thiazole rings is 1. The van der Waals surface area contributed by atoms with Gasteiger partial charge in [0.25, 0.3) is 5.91 Å². The minimum Gasteiger partial charge on any atom is -0.346 e. The van der Waals surface area contributed by atoms with Crippen LogP contribution in [0.5, 0.6) is 0 Å². The minimum absolute atomic E-state index is 0.00735. The number of nitrogens with zero attached hydrogens (tertiary/aromatic N) is 3. The smallest absolute Gasteiger partial charge is 0.271 e. The number of hydrogen-bond donors (Lipinski definition) is 2. The van der Waals surface area contributed by atoms with Crippen LogP contribution < -0.4 is 11.1 Å². The van der Waals surface area contributed by atoms with E-state index in [9.17, 15) is 4.79 Å². The third kappa shape index (κ3) is 3.87. The van der Waals surface area contributed by atoms with E-state index in [1.54, 1.807) is 16.3 Å². The molecule has 0 radical (unpaired) electrons. The molecule has 0 aromatic carbocycles. The summed E-state index contributed by atoms with van der Waals surface area (Å²) in [6.07, 6.45) is 4.29. The largest absolute Gasteiger partial charge is 0.346 e. The third-order valence-corrected chi connectivity index (χ3v) is 3.45. The van der Waals surface area contributed by atoms with Crippen molar-refractivity contribution in [1.82, 2.24) is 20.1 Å². The molecule has 102 valence electrons. The fraction of sp³-hybridized carbons (Fsp3) is 0.417. The highest BCUT2D eigenvalue weighted by molar-refractivity contribution is 7.09. The van der Waals surface area contributed by atoms with Crippen molar-refractivity contribution in [1.29, 1.82) is 0 Å². The lowest BCUT2D eigenvalue weighted by molar-refractivity contribution is 0.0931. The van der Waals surface area contributed by atoms with Gasteiger partial charge in [-0.1, -0.05) is 0 Å². The Hall–Kier alpha value is -1.73. The van der Waals surface area contributed by atoms with Gasteiger partial charge in [0.15, 0.2) is 0 Å². The second-order valence-electron chi connectivity index (χ2n) is 4.27. The van der Waals surface area contributed by atoms with Crippen LogP contribution in [0.15, 0.2) is 23.8 Å². The molecule has 0 aliphatic carbocycles. The Morgan fingerprint density at radius 3 is 3.16 bits per heavy atom. The Labute approximate surface area is 115 Å². The molecular weight excluding hydrogens is 262 g/mol. The summed E-state index contributed by atoms with van der Waals surface area (Å²) in [4.78, 5) is 16.2. The lowest BCUT2D eigenvalue weighted by atomic mass is 10.3. The van der Waals surface area contributed by atoms with Crippen LogP contribution in [0.3, 0.4) is 0 Å². The molecule has 3 N–H and O–H groups in total. The van der Waals surface area contributed by atoms with Crippen molar-refractivity contribution in [2.45, 2.75) is 25.9 Å². The molecule has 1 atom stereocenters. The number of carbonyl (C=O) groups is 1. The van der Waals surface area contributed by atoms with Crippen LogP contribution in [0.25, 0.3) is 0 Å². The van der Waals surface area contributed by atoms with Crippen LogP contribution >= 0.6 is 11.3 Å².